The Hall–Kier alpha value is -2.77. The van der Waals surface area contributed by atoms with E-state index in [1.165, 1.54) is 11.1 Å². The molecule has 7 nitrogen and oxygen atoms in total. The molecule has 0 bridgehead atoms. The van der Waals surface area contributed by atoms with Gasteiger partial charge in [0, 0.05) is 38.3 Å². The summed E-state index contributed by atoms with van der Waals surface area (Å²) in [7, 11) is 1.54. The van der Waals surface area contributed by atoms with Crippen molar-refractivity contribution in [3.8, 4) is 11.5 Å². The molecule has 0 saturated carbocycles. The van der Waals surface area contributed by atoms with Crippen molar-refractivity contribution < 1.29 is 14.6 Å². The first-order valence-corrected chi connectivity index (χ1v) is 10.4. The molecular formula is C23H32N4O3. The van der Waals surface area contributed by atoms with Gasteiger partial charge in [0.25, 0.3) is 0 Å². The Kier molecular flexibility index (Phi) is 8.35. The van der Waals surface area contributed by atoms with Gasteiger partial charge in [-0.15, -0.1) is 0 Å². The number of hydrogen-bond acceptors (Lipinski definition) is 5. The third kappa shape index (κ3) is 6.11. The van der Waals surface area contributed by atoms with E-state index in [-0.39, 0.29) is 5.75 Å². The van der Waals surface area contributed by atoms with Crippen LogP contribution in [0.4, 0.5) is 0 Å². The van der Waals surface area contributed by atoms with Crippen LogP contribution in [0.15, 0.2) is 47.5 Å². The summed E-state index contributed by atoms with van der Waals surface area (Å²) in [5.74, 6) is 1.30. The van der Waals surface area contributed by atoms with Crippen LogP contribution < -0.4 is 15.4 Å². The summed E-state index contributed by atoms with van der Waals surface area (Å²) in [6, 6.07) is 13.9. The molecule has 0 spiro atoms. The van der Waals surface area contributed by atoms with Crippen LogP contribution in [0, 0.1) is 0 Å². The molecule has 1 aliphatic heterocycles. The monoisotopic (exact) mass is 412 g/mol. The number of para-hydroxylation sites is 1. The average Bonchev–Trinajstić information content (AvgIpc) is 2.78. The third-order valence-electron chi connectivity index (χ3n) is 5.12. The molecule has 3 N–H and O–H groups in total. The summed E-state index contributed by atoms with van der Waals surface area (Å²) < 4.78 is 10.6. The number of phenolic OH excluding ortho intramolecular Hbond substituents is 1. The number of guanidine groups is 1. The summed E-state index contributed by atoms with van der Waals surface area (Å²) in [4.78, 5) is 7.06. The minimum absolute atomic E-state index is 0.135. The van der Waals surface area contributed by atoms with Crippen LogP contribution in [0.1, 0.15) is 23.6 Å². The van der Waals surface area contributed by atoms with Crippen molar-refractivity contribution in [2.24, 2.45) is 4.99 Å². The molecule has 3 rings (SSSR count). The van der Waals surface area contributed by atoms with Crippen molar-refractivity contribution in [1.29, 1.82) is 0 Å². The second-order valence-electron chi connectivity index (χ2n) is 7.17. The quantitative estimate of drug-likeness (QED) is 0.457. The van der Waals surface area contributed by atoms with Gasteiger partial charge in [0.15, 0.2) is 17.5 Å². The summed E-state index contributed by atoms with van der Waals surface area (Å²) in [6.07, 6.45) is 0. The maximum Gasteiger partial charge on any atom is 0.191 e. The van der Waals surface area contributed by atoms with Gasteiger partial charge < -0.3 is 25.2 Å². The number of morpholine rings is 1. The highest BCUT2D eigenvalue weighted by Crippen LogP contribution is 2.29. The van der Waals surface area contributed by atoms with E-state index in [2.05, 4.69) is 44.8 Å². The van der Waals surface area contributed by atoms with E-state index in [9.17, 15) is 5.11 Å². The molecule has 2 aromatic rings. The maximum absolute atomic E-state index is 10.3. The number of benzene rings is 2. The van der Waals surface area contributed by atoms with Crippen LogP contribution in [0.2, 0.25) is 0 Å². The van der Waals surface area contributed by atoms with Gasteiger partial charge in [0.2, 0.25) is 0 Å². The topological polar surface area (TPSA) is 78.4 Å². The highest BCUT2D eigenvalue weighted by Gasteiger charge is 2.13. The van der Waals surface area contributed by atoms with Crippen molar-refractivity contribution in [2.75, 3.05) is 40.0 Å². The van der Waals surface area contributed by atoms with Crippen LogP contribution in [0.3, 0.4) is 0 Å². The standard InChI is InChI=1S/C23H32N4O3/c1-3-24-23(26-16-19-9-6-10-21(29-2)22(19)28)25-15-18-7-4-5-8-20(18)17-27-11-13-30-14-12-27/h4-10,28H,3,11-17H2,1-2H3,(H2,24,25,26). The molecule has 162 valence electrons. The predicted molar refractivity (Wildman–Crippen MR) is 119 cm³/mol. The lowest BCUT2D eigenvalue weighted by Gasteiger charge is -2.27. The van der Waals surface area contributed by atoms with Gasteiger partial charge in [-0.3, -0.25) is 4.90 Å². The molecule has 1 fully saturated rings. The maximum atomic E-state index is 10.3. The summed E-state index contributed by atoms with van der Waals surface area (Å²) >= 11 is 0. The summed E-state index contributed by atoms with van der Waals surface area (Å²) in [5, 5.41) is 17.0. The zero-order chi connectivity index (χ0) is 21.2. The zero-order valence-corrected chi connectivity index (χ0v) is 17.9. The second kappa shape index (κ2) is 11.4. The van der Waals surface area contributed by atoms with Crippen molar-refractivity contribution >= 4 is 5.96 Å². The Balaban J connectivity index is 1.65. The normalized spacial score (nSPS) is 15.1. The van der Waals surface area contributed by atoms with E-state index in [0.717, 1.165) is 45.0 Å². The third-order valence-corrected chi connectivity index (χ3v) is 5.12. The molecule has 30 heavy (non-hydrogen) atoms. The Morgan fingerprint density at radius 2 is 1.80 bits per heavy atom. The Morgan fingerprint density at radius 1 is 1.07 bits per heavy atom. The lowest BCUT2D eigenvalue weighted by molar-refractivity contribution is 0.0341. The molecule has 1 saturated heterocycles. The van der Waals surface area contributed by atoms with Crippen molar-refractivity contribution in [3.63, 3.8) is 0 Å². The highest BCUT2D eigenvalue weighted by atomic mass is 16.5. The van der Waals surface area contributed by atoms with Crippen molar-refractivity contribution in [2.45, 2.75) is 26.6 Å². The molecule has 0 unspecified atom stereocenters. The fraction of sp³-hybridized carbons (Fsp3) is 0.435. The number of ether oxygens (including phenoxy) is 2. The Morgan fingerprint density at radius 3 is 2.53 bits per heavy atom. The number of methoxy groups -OCH3 is 1. The SMILES string of the molecule is CCNC(=NCc1cccc(OC)c1O)NCc1ccccc1CN1CCOCC1. The van der Waals surface area contributed by atoms with Crippen molar-refractivity contribution in [1.82, 2.24) is 15.5 Å². The second-order valence-corrected chi connectivity index (χ2v) is 7.17. The predicted octanol–water partition coefficient (Wildman–Crippen LogP) is 2.49. The van der Waals surface area contributed by atoms with E-state index in [0.29, 0.717) is 24.8 Å². The van der Waals surface area contributed by atoms with E-state index in [4.69, 9.17) is 9.47 Å². The lowest BCUT2D eigenvalue weighted by Crippen LogP contribution is -2.38. The van der Waals surface area contributed by atoms with Crippen LogP contribution in [-0.4, -0.2) is 55.9 Å². The number of nitrogens with zero attached hydrogens (tertiary/aromatic N) is 2. The van der Waals surface area contributed by atoms with Crippen LogP contribution >= 0.6 is 0 Å². The van der Waals surface area contributed by atoms with Gasteiger partial charge in [-0.05, 0) is 24.1 Å². The minimum atomic E-state index is 0.135. The number of hydrogen-bond donors (Lipinski definition) is 3. The van der Waals surface area contributed by atoms with Crippen LogP contribution in [-0.2, 0) is 24.4 Å². The van der Waals surface area contributed by atoms with E-state index in [1.807, 2.05) is 19.1 Å². The molecule has 2 aromatic carbocycles. The number of nitrogens with one attached hydrogen (secondary N) is 2. The first kappa shape index (κ1) is 21.9. The van der Waals surface area contributed by atoms with Crippen LogP contribution in [0.5, 0.6) is 11.5 Å². The Labute approximate surface area is 178 Å². The molecule has 0 aliphatic carbocycles. The van der Waals surface area contributed by atoms with Gasteiger partial charge in [-0.2, -0.15) is 0 Å². The average molecular weight is 413 g/mol. The highest BCUT2D eigenvalue weighted by molar-refractivity contribution is 5.79. The first-order valence-electron chi connectivity index (χ1n) is 10.4. The molecule has 0 radical (unpaired) electrons. The molecule has 0 atom stereocenters. The fourth-order valence-corrected chi connectivity index (χ4v) is 3.43. The number of aromatic hydroxyl groups is 1. The van der Waals surface area contributed by atoms with Crippen LogP contribution in [0.25, 0.3) is 0 Å². The minimum Gasteiger partial charge on any atom is -0.504 e. The van der Waals surface area contributed by atoms with Gasteiger partial charge in [-0.1, -0.05) is 36.4 Å². The lowest BCUT2D eigenvalue weighted by atomic mass is 10.1. The molecule has 1 heterocycles. The van der Waals surface area contributed by atoms with Gasteiger partial charge in [0.05, 0.1) is 26.9 Å². The molecule has 1 aliphatic rings. The Bertz CT molecular complexity index is 835. The van der Waals surface area contributed by atoms with E-state index in [1.54, 1.807) is 13.2 Å². The summed E-state index contributed by atoms with van der Waals surface area (Å²) in [6.45, 7) is 8.28. The molecule has 0 aromatic heterocycles. The molecule has 0 amide bonds. The van der Waals surface area contributed by atoms with Crippen molar-refractivity contribution in [3.05, 3.63) is 59.2 Å². The largest absolute Gasteiger partial charge is 0.504 e. The van der Waals surface area contributed by atoms with Gasteiger partial charge >= 0.3 is 0 Å². The smallest absolute Gasteiger partial charge is 0.191 e. The van der Waals surface area contributed by atoms with Gasteiger partial charge in [-0.25, -0.2) is 4.99 Å². The summed E-state index contributed by atoms with van der Waals surface area (Å²) in [5.41, 5.74) is 3.28. The van der Waals surface area contributed by atoms with E-state index >= 15 is 0 Å². The first-order chi connectivity index (χ1) is 14.7. The zero-order valence-electron chi connectivity index (χ0n) is 17.9. The molecular weight excluding hydrogens is 380 g/mol. The number of rotatable bonds is 8. The number of phenols is 1. The molecule has 7 heteroatoms. The van der Waals surface area contributed by atoms with Gasteiger partial charge in [0.1, 0.15) is 0 Å². The van der Waals surface area contributed by atoms with E-state index < -0.39 is 0 Å². The fourth-order valence-electron chi connectivity index (χ4n) is 3.43. The number of aliphatic imine (C=N–C) groups is 1.